The Labute approximate surface area is 276 Å². The van der Waals surface area contributed by atoms with E-state index in [-0.39, 0.29) is 15.8 Å². The summed E-state index contributed by atoms with van der Waals surface area (Å²) < 4.78 is 50.2. The maximum atomic E-state index is 14.0. The van der Waals surface area contributed by atoms with Gasteiger partial charge in [0.25, 0.3) is 10.0 Å². The Morgan fingerprint density at radius 3 is 2.15 bits per heavy atom. The number of carbonyl (C=O) groups is 1. The van der Waals surface area contributed by atoms with Crippen LogP contribution in [-0.4, -0.2) is 24.1 Å². The predicted molar refractivity (Wildman–Crippen MR) is 182 cm³/mol. The van der Waals surface area contributed by atoms with Gasteiger partial charge in [0.15, 0.2) is 0 Å². The van der Waals surface area contributed by atoms with Crippen molar-refractivity contribution in [3.63, 3.8) is 0 Å². The molecule has 0 atom stereocenters. The molecule has 8 nitrogen and oxygen atoms in total. The van der Waals surface area contributed by atoms with Crippen molar-refractivity contribution < 1.29 is 22.3 Å². The number of ether oxygens (including phenoxy) is 1. The number of amides is 1. The zero-order valence-electron chi connectivity index (χ0n) is 25.0. The lowest BCUT2D eigenvalue weighted by Gasteiger charge is -2.10. The van der Waals surface area contributed by atoms with Gasteiger partial charge in [-0.2, -0.15) is 5.10 Å². The Morgan fingerprint density at radius 1 is 0.830 bits per heavy atom. The molecule has 6 rings (SSSR count). The van der Waals surface area contributed by atoms with Crippen molar-refractivity contribution in [2.24, 2.45) is 0 Å². The number of carbonyl (C=O) groups excluding carboxylic acids is 1. The minimum atomic E-state index is -3.88. The van der Waals surface area contributed by atoms with E-state index >= 15 is 0 Å². The number of rotatable bonds is 10. The Kier molecular flexibility index (Phi) is 9.05. The smallest absolute Gasteiger partial charge is 0.261 e. The highest BCUT2D eigenvalue weighted by atomic mass is 35.5. The summed E-state index contributed by atoms with van der Waals surface area (Å²) in [6.07, 6.45) is 0. The first-order valence-electron chi connectivity index (χ1n) is 14.5. The summed E-state index contributed by atoms with van der Waals surface area (Å²) in [7, 11) is -3.88. The highest BCUT2D eigenvalue weighted by Gasteiger charge is 2.17. The number of aromatic nitrogens is 2. The molecule has 1 amide bonds. The lowest BCUT2D eigenvalue weighted by Crippen LogP contribution is -2.13. The lowest BCUT2D eigenvalue weighted by atomic mass is 10.1. The quantitative estimate of drug-likeness (QED) is 0.153. The van der Waals surface area contributed by atoms with Gasteiger partial charge in [-0.25, -0.2) is 17.5 Å². The minimum absolute atomic E-state index is 0.0310. The Bertz CT molecular complexity index is 2140. The molecule has 0 bridgehead atoms. The Morgan fingerprint density at radius 2 is 1.49 bits per heavy atom. The van der Waals surface area contributed by atoms with Crippen molar-refractivity contribution in [2.75, 3.05) is 10.0 Å². The number of hydrogen-bond acceptors (Lipinski definition) is 5. The van der Waals surface area contributed by atoms with E-state index in [0.29, 0.717) is 35.1 Å². The van der Waals surface area contributed by atoms with E-state index in [0.717, 1.165) is 22.4 Å². The van der Waals surface area contributed by atoms with E-state index in [1.54, 1.807) is 35.0 Å². The summed E-state index contributed by atoms with van der Waals surface area (Å²) in [6.45, 7) is 1.81. The normalized spacial score (nSPS) is 11.2. The van der Waals surface area contributed by atoms with Crippen LogP contribution < -0.4 is 14.8 Å². The number of nitrogens with zero attached hydrogens (tertiary/aromatic N) is 2. The third kappa shape index (κ3) is 7.51. The third-order valence-electron chi connectivity index (χ3n) is 7.17. The van der Waals surface area contributed by atoms with Gasteiger partial charge in [0.05, 0.1) is 27.0 Å². The molecule has 0 radical (unpaired) electrons. The molecule has 1 aromatic heterocycles. The number of sulfonamides is 1. The predicted octanol–water partition coefficient (Wildman–Crippen LogP) is 8.34. The second kappa shape index (κ2) is 13.5. The van der Waals surface area contributed by atoms with E-state index in [1.807, 2.05) is 60.7 Å². The molecule has 47 heavy (non-hydrogen) atoms. The van der Waals surface area contributed by atoms with Crippen LogP contribution in [0.2, 0.25) is 5.02 Å². The van der Waals surface area contributed by atoms with Crippen LogP contribution in [-0.2, 0) is 21.4 Å². The van der Waals surface area contributed by atoms with E-state index in [4.69, 9.17) is 21.4 Å². The zero-order valence-corrected chi connectivity index (χ0v) is 26.6. The molecule has 0 spiro atoms. The van der Waals surface area contributed by atoms with Crippen molar-refractivity contribution >= 4 is 38.9 Å². The van der Waals surface area contributed by atoms with Crippen LogP contribution in [0.15, 0.2) is 132 Å². The van der Waals surface area contributed by atoms with Crippen LogP contribution in [0.1, 0.15) is 12.5 Å². The van der Waals surface area contributed by atoms with Gasteiger partial charge < -0.3 is 10.1 Å². The fourth-order valence-electron chi connectivity index (χ4n) is 4.85. The first kappa shape index (κ1) is 31.5. The van der Waals surface area contributed by atoms with E-state index in [2.05, 4.69) is 10.0 Å². The number of hydrogen-bond donors (Lipinski definition) is 2. The lowest BCUT2D eigenvalue weighted by molar-refractivity contribution is -0.114. The highest BCUT2D eigenvalue weighted by Crippen LogP contribution is 2.32. The fourth-order valence-corrected chi connectivity index (χ4v) is 6.08. The average Bonchev–Trinajstić information content (AvgIpc) is 3.51. The second-order valence-electron chi connectivity index (χ2n) is 10.6. The largest absolute Gasteiger partial charge is 0.489 e. The maximum Gasteiger partial charge on any atom is 0.261 e. The number of halogens is 2. The van der Waals surface area contributed by atoms with Crippen LogP contribution >= 0.6 is 11.6 Å². The topological polar surface area (TPSA) is 102 Å². The molecular weight excluding hydrogens is 639 g/mol. The molecule has 11 heteroatoms. The number of anilines is 2. The molecule has 0 aliphatic rings. The fraction of sp³-hybridized carbons (Fsp3) is 0.0556. The molecule has 6 aromatic rings. The SMILES string of the molecule is CC(=O)Nc1ccc(S(=O)(=O)Nc2ccc(-c3cc(-c4ccc(OCc5ccccc5)cc4)n(-c4ccc(F)c(Cl)c4)n3)cc2)cc1. The van der Waals surface area contributed by atoms with Gasteiger partial charge in [-0.15, -0.1) is 0 Å². The highest BCUT2D eigenvalue weighted by molar-refractivity contribution is 7.92. The average molecular weight is 667 g/mol. The first-order chi connectivity index (χ1) is 22.6. The third-order valence-corrected chi connectivity index (χ3v) is 8.86. The van der Waals surface area contributed by atoms with Crippen LogP contribution in [0.4, 0.5) is 15.8 Å². The van der Waals surface area contributed by atoms with Crippen LogP contribution in [0, 0.1) is 5.82 Å². The van der Waals surface area contributed by atoms with Gasteiger partial charge >= 0.3 is 0 Å². The van der Waals surface area contributed by atoms with E-state index in [1.165, 1.54) is 43.3 Å². The first-order valence-corrected chi connectivity index (χ1v) is 16.3. The van der Waals surface area contributed by atoms with Crippen molar-refractivity contribution in [1.29, 1.82) is 0 Å². The van der Waals surface area contributed by atoms with Gasteiger partial charge in [-0.05, 0) is 90.5 Å². The summed E-state index contributed by atoms with van der Waals surface area (Å²) in [5.41, 5.74) is 5.37. The molecule has 2 N–H and O–H groups in total. The van der Waals surface area contributed by atoms with Crippen LogP contribution in [0.25, 0.3) is 28.2 Å². The zero-order chi connectivity index (χ0) is 33.0. The van der Waals surface area contributed by atoms with Crippen molar-refractivity contribution in [3.8, 4) is 34.0 Å². The standard InChI is InChI=1S/C36H28ClFN4O4S/c1-24(43)39-28-13-18-32(19-14-28)47(44,45)41-29-11-7-26(8-12-29)35-22-36(42(40-35)30-15-20-34(38)33(37)21-30)27-9-16-31(17-10-27)46-23-25-5-3-2-4-6-25/h2-22,41H,23H2,1H3,(H,39,43). The van der Waals surface area contributed by atoms with Crippen molar-refractivity contribution in [3.05, 3.63) is 144 Å². The molecule has 0 aliphatic carbocycles. The maximum absolute atomic E-state index is 14.0. The van der Waals surface area contributed by atoms with E-state index < -0.39 is 15.8 Å². The van der Waals surface area contributed by atoms with Gasteiger partial charge in [-0.1, -0.05) is 54.1 Å². The molecule has 0 fully saturated rings. The summed E-state index contributed by atoms with van der Waals surface area (Å²) in [5.74, 6) is -0.0827. The molecule has 0 aliphatic heterocycles. The monoisotopic (exact) mass is 666 g/mol. The number of nitrogens with one attached hydrogen (secondary N) is 2. The number of benzene rings is 5. The van der Waals surface area contributed by atoms with Crippen molar-refractivity contribution in [1.82, 2.24) is 9.78 Å². The van der Waals surface area contributed by atoms with Gasteiger partial charge in [0.1, 0.15) is 18.2 Å². The van der Waals surface area contributed by atoms with Gasteiger partial charge in [0.2, 0.25) is 5.91 Å². The molecule has 1 heterocycles. The molecule has 236 valence electrons. The van der Waals surface area contributed by atoms with Crippen LogP contribution in [0.3, 0.4) is 0 Å². The molecule has 5 aromatic carbocycles. The summed E-state index contributed by atoms with van der Waals surface area (Å²) in [6, 6.07) is 36.4. The molecular formula is C36H28ClFN4O4S. The Hall–Kier alpha value is -5.45. The Balaban J connectivity index is 1.26. The summed E-state index contributed by atoms with van der Waals surface area (Å²) >= 11 is 6.13. The van der Waals surface area contributed by atoms with E-state index in [9.17, 15) is 17.6 Å². The minimum Gasteiger partial charge on any atom is -0.489 e. The summed E-state index contributed by atoms with van der Waals surface area (Å²) in [5, 5.41) is 7.39. The van der Waals surface area contributed by atoms with Gasteiger partial charge in [-0.3, -0.25) is 9.52 Å². The molecule has 0 unspecified atom stereocenters. The molecule has 0 saturated heterocycles. The second-order valence-corrected chi connectivity index (χ2v) is 12.7. The molecule has 0 saturated carbocycles. The van der Waals surface area contributed by atoms with Gasteiger partial charge in [0, 0.05) is 29.4 Å². The van der Waals surface area contributed by atoms with Crippen molar-refractivity contribution in [2.45, 2.75) is 18.4 Å². The van der Waals surface area contributed by atoms with Crippen LogP contribution in [0.5, 0.6) is 5.75 Å². The summed E-state index contributed by atoms with van der Waals surface area (Å²) in [4.78, 5) is 11.3.